The number of methoxy groups -OCH3 is 1. The van der Waals surface area contributed by atoms with Crippen molar-refractivity contribution in [2.75, 3.05) is 13.7 Å². The fourth-order valence-corrected chi connectivity index (χ4v) is 1.24. The maximum absolute atomic E-state index is 10.8. The van der Waals surface area contributed by atoms with E-state index in [0.29, 0.717) is 17.9 Å². The van der Waals surface area contributed by atoms with Crippen LogP contribution in [0, 0.1) is 0 Å². The molecule has 1 N–H and O–H groups in total. The van der Waals surface area contributed by atoms with Gasteiger partial charge in [0.05, 0.1) is 7.11 Å². The maximum Gasteiger partial charge on any atom is 0.308 e. The second kappa shape index (κ2) is 5.36. The fourth-order valence-electron chi connectivity index (χ4n) is 1.24. The highest BCUT2D eigenvalue weighted by Crippen LogP contribution is 2.28. The van der Waals surface area contributed by atoms with Crippen LogP contribution in [0.3, 0.4) is 0 Å². The van der Waals surface area contributed by atoms with Gasteiger partial charge in [-0.1, -0.05) is 6.07 Å². The summed E-state index contributed by atoms with van der Waals surface area (Å²) in [5.41, 5.74) is 0.935. The van der Waals surface area contributed by atoms with Gasteiger partial charge < -0.3 is 14.6 Å². The summed E-state index contributed by atoms with van der Waals surface area (Å²) in [4.78, 5) is 10.8. The zero-order chi connectivity index (χ0) is 11.3. The summed E-state index contributed by atoms with van der Waals surface area (Å²) in [6.07, 6.45) is 0.552. The SMILES string of the molecule is COc1cc(CCO)ccc1OC(C)=O. The Bertz CT molecular complexity index is 346. The van der Waals surface area contributed by atoms with Crippen LogP contribution >= 0.6 is 0 Å². The van der Waals surface area contributed by atoms with Crippen molar-refractivity contribution in [1.82, 2.24) is 0 Å². The van der Waals surface area contributed by atoms with Crippen molar-refractivity contribution in [3.8, 4) is 11.5 Å². The van der Waals surface area contributed by atoms with E-state index in [4.69, 9.17) is 14.6 Å². The summed E-state index contributed by atoms with van der Waals surface area (Å²) >= 11 is 0. The molecule has 0 amide bonds. The van der Waals surface area contributed by atoms with E-state index in [0.717, 1.165) is 5.56 Å². The lowest BCUT2D eigenvalue weighted by Gasteiger charge is -2.09. The van der Waals surface area contributed by atoms with Crippen molar-refractivity contribution in [3.63, 3.8) is 0 Å². The number of benzene rings is 1. The van der Waals surface area contributed by atoms with E-state index in [2.05, 4.69) is 0 Å². The third kappa shape index (κ3) is 3.25. The van der Waals surface area contributed by atoms with Crippen molar-refractivity contribution in [1.29, 1.82) is 0 Å². The number of carbonyl (C=O) groups is 1. The molecule has 0 radical (unpaired) electrons. The molecule has 0 unspecified atom stereocenters. The van der Waals surface area contributed by atoms with E-state index in [1.807, 2.05) is 0 Å². The standard InChI is InChI=1S/C11H14O4/c1-8(13)15-10-4-3-9(5-6-12)7-11(10)14-2/h3-4,7,12H,5-6H2,1-2H3. The van der Waals surface area contributed by atoms with E-state index >= 15 is 0 Å². The molecule has 0 bridgehead atoms. The van der Waals surface area contributed by atoms with Crippen LogP contribution in [0.15, 0.2) is 18.2 Å². The second-order valence-electron chi connectivity index (χ2n) is 3.05. The van der Waals surface area contributed by atoms with E-state index in [9.17, 15) is 4.79 Å². The van der Waals surface area contributed by atoms with Crippen LogP contribution in [0.25, 0.3) is 0 Å². The van der Waals surface area contributed by atoms with Crippen LogP contribution in [0.1, 0.15) is 12.5 Å². The van der Waals surface area contributed by atoms with Gasteiger partial charge in [-0.3, -0.25) is 4.79 Å². The van der Waals surface area contributed by atoms with Gasteiger partial charge in [0, 0.05) is 13.5 Å². The third-order valence-corrected chi connectivity index (χ3v) is 1.88. The van der Waals surface area contributed by atoms with Gasteiger partial charge in [-0.25, -0.2) is 0 Å². The highest BCUT2D eigenvalue weighted by Gasteiger charge is 2.07. The minimum Gasteiger partial charge on any atom is -0.493 e. The molecule has 82 valence electrons. The molecule has 0 spiro atoms. The van der Waals surface area contributed by atoms with Crippen molar-refractivity contribution in [2.45, 2.75) is 13.3 Å². The molecule has 0 aliphatic carbocycles. The Labute approximate surface area is 88.4 Å². The molecule has 0 atom stereocenters. The Balaban J connectivity index is 2.92. The van der Waals surface area contributed by atoms with Crippen LogP contribution in [0.2, 0.25) is 0 Å². The predicted octanol–water partition coefficient (Wildman–Crippen LogP) is 1.16. The zero-order valence-corrected chi connectivity index (χ0v) is 8.82. The largest absolute Gasteiger partial charge is 0.493 e. The third-order valence-electron chi connectivity index (χ3n) is 1.88. The molecule has 0 aliphatic rings. The number of rotatable bonds is 4. The van der Waals surface area contributed by atoms with E-state index < -0.39 is 0 Å². The molecule has 1 aromatic carbocycles. The molecule has 0 saturated heterocycles. The monoisotopic (exact) mass is 210 g/mol. The van der Waals surface area contributed by atoms with Gasteiger partial charge in [-0.2, -0.15) is 0 Å². The molecule has 15 heavy (non-hydrogen) atoms. The number of ether oxygens (including phenoxy) is 2. The number of hydrogen-bond donors (Lipinski definition) is 1. The number of hydrogen-bond acceptors (Lipinski definition) is 4. The second-order valence-corrected chi connectivity index (χ2v) is 3.05. The summed E-state index contributed by atoms with van der Waals surface area (Å²) in [5.74, 6) is 0.506. The molecule has 0 fully saturated rings. The van der Waals surface area contributed by atoms with Gasteiger partial charge in [0.25, 0.3) is 0 Å². The van der Waals surface area contributed by atoms with E-state index in [1.54, 1.807) is 18.2 Å². The van der Waals surface area contributed by atoms with Crippen LogP contribution in [-0.4, -0.2) is 24.8 Å². The first-order valence-corrected chi connectivity index (χ1v) is 4.63. The summed E-state index contributed by atoms with van der Waals surface area (Å²) in [6, 6.07) is 5.19. The molecule has 1 aromatic rings. The number of aliphatic hydroxyl groups is 1. The van der Waals surface area contributed by atoms with Crippen LogP contribution in [0.4, 0.5) is 0 Å². The Morgan fingerprint density at radius 1 is 1.40 bits per heavy atom. The first-order valence-electron chi connectivity index (χ1n) is 4.63. The lowest BCUT2D eigenvalue weighted by atomic mass is 10.1. The van der Waals surface area contributed by atoms with Crippen LogP contribution in [0.5, 0.6) is 11.5 Å². The molecular weight excluding hydrogens is 196 g/mol. The van der Waals surface area contributed by atoms with E-state index in [-0.39, 0.29) is 12.6 Å². The van der Waals surface area contributed by atoms with Crippen molar-refractivity contribution >= 4 is 5.97 Å². The number of carbonyl (C=O) groups excluding carboxylic acids is 1. The fraction of sp³-hybridized carbons (Fsp3) is 0.364. The molecule has 0 heterocycles. The number of esters is 1. The average molecular weight is 210 g/mol. The van der Waals surface area contributed by atoms with Crippen molar-refractivity contribution in [2.24, 2.45) is 0 Å². The lowest BCUT2D eigenvalue weighted by molar-refractivity contribution is -0.132. The minimum atomic E-state index is -0.386. The van der Waals surface area contributed by atoms with Gasteiger partial charge in [0.2, 0.25) is 0 Å². The molecule has 0 saturated carbocycles. The van der Waals surface area contributed by atoms with Crippen LogP contribution < -0.4 is 9.47 Å². The van der Waals surface area contributed by atoms with Crippen molar-refractivity contribution in [3.05, 3.63) is 23.8 Å². The summed E-state index contributed by atoms with van der Waals surface area (Å²) in [6.45, 7) is 1.41. The minimum absolute atomic E-state index is 0.0794. The maximum atomic E-state index is 10.8. The molecule has 4 heteroatoms. The normalized spacial score (nSPS) is 9.80. The van der Waals surface area contributed by atoms with Gasteiger partial charge in [-0.05, 0) is 24.1 Å². The molecular formula is C11H14O4. The van der Waals surface area contributed by atoms with Gasteiger partial charge in [-0.15, -0.1) is 0 Å². The average Bonchev–Trinajstić information content (AvgIpc) is 2.20. The smallest absolute Gasteiger partial charge is 0.308 e. The van der Waals surface area contributed by atoms with Gasteiger partial charge in [0.15, 0.2) is 11.5 Å². The Morgan fingerprint density at radius 2 is 2.13 bits per heavy atom. The van der Waals surface area contributed by atoms with E-state index in [1.165, 1.54) is 14.0 Å². The van der Waals surface area contributed by atoms with Crippen LogP contribution in [-0.2, 0) is 11.2 Å². The highest BCUT2D eigenvalue weighted by molar-refractivity contribution is 5.70. The predicted molar refractivity (Wildman–Crippen MR) is 55.1 cm³/mol. The topological polar surface area (TPSA) is 55.8 Å². The quantitative estimate of drug-likeness (QED) is 0.598. The Hall–Kier alpha value is -1.55. The summed E-state index contributed by atoms with van der Waals surface area (Å²) in [5, 5.41) is 8.77. The zero-order valence-electron chi connectivity index (χ0n) is 8.82. The molecule has 1 rings (SSSR count). The first kappa shape index (κ1) is 11.5. The lowest BCUT2D eigenvalue weighted by Crippen LogP contribution is -2.03. The molecule has 0 aromatic heterocycles. The summed E-state index contributed by atoms with van der Waals surface area (Å²) < 4.78 is 10.0. The van der Waals surface area contributed by atoms with Gasteiger partial charge >= 0.3 is 5.97 Å². The first-order chi connectivity index (χ1) is 7.17. The van der Waals surface area contributed by atoms with Gasteiger partial charge in [0.1, 0.15) is 0 Å². The highest BCUT2D eigenvalue weighted by atomic mass is 16.6. The summed E-state index contributed by atoms with van der Waals surface area (Å²) in [7, 11) is 1.51. The Morgan fingerprint density at radius 3 is 2.67 bits per heavy atom. The number of aliphatic hydroxyl groups excluding tert-OH is 1. The Kier molecular flexibility index (Phi) is 4.12. The molecule has 0 aliphatic heterocycles. The molecule has 4 nitrogen and oxygen atoms in total. The van der Waals surface area contributed by atoms with Crippen molar-refractivity contribution < 1.29 is 19.4 Å².